The van der Waals surface area contributed by atoms with Crippen molar-refractivity contribution in [1.82, 2.24) is 34.8 Å². The quantitative estimate of drug-likeness (QED) is 0.290. The average Bonchev–Trinajstić information content (AvgIpc) is 3.59. The number of aromatic nitrogens is 1. The number of ether oxygens (including phenoxy) is 2. The highest BCUT2D eigenvalue weighted by Crippen LogP contribution is 2.39. The summed E-state index contributed by atoms with van der Waals surface area (Å²) in [4.78, 5) is 73.9. The summed E-state index contributed by atoms with van der Waals surface area (Å²) in [6.45, 7) is 8.04. The van der Waals surface area contributed by atoms with E-state index >= 15 is 0 Å². The van der Waals surface area contributed by atoms with Gasteiger partial charge in [0.05, 0.1) is 26.3 Å². The van der Waals surface area contributed by atoms with Gasteiger partial charge in [-0.1, -0.05) is 0 Å². The zero-order chi connectivity index (χ0) is 45.6. The number of urea groups is 1. The Morgan fingerprint density at radius 3 is 2.30 bits per heavy atom. The van der Waals surface area contributed by atoms with Crippen LogP contribution < -0.4 is 30.6 Å². The third-order valence-electron chi connectivity index (χ3n) is 13.7. The highest BCUT2D eigenvalue weighted by molar-refractivity contribution is 6.05. The van der Waals surface area contributed by atoms with Crippen LogP contribution in [0.25, 0.3) is 11.1 Å². The number of hydrogen-bond acceptors (Lipinski definition) is 10. The second-order valence-corrected chi connectivity index (χ2v) is 17.5. The molecule has 3 fully saturated rings. The van der Waals surface area contributed by atoms with Crippen molar-refractivity contribution in [2.45, 2.75) is 90.1 Å². The fourth-order valence-corrected chi connectivity index (χ4v) is 10.3. The van der Waals surface area contributed by atoms with Gasteiger partial charge in [0.25, 0.3) is 11.5 Å². The molecule has 3 atom stereocenters. The number of anilines is 1. The topological polar surface area (TPSA) is 149 Å². The summed E-state index contributed by atoms with van der Waals surface area (Å²) in [5.74, 6) is 1.17. The number of amides is 5. The molecule has 3 saturated heterocycles. The molecule has 5 aliphatic heterocycles. The minimum absolute atomic E-state index is 0.00288. The number of rotatable bonds is 10. The van der Waals surface area contributed by atoms with Gasteiger partial charge < -0.3 is 39.0 Å². The Hall–Kier alpha value is -5.41. The van der Waals surface area contributed by atoms with Crippen LogP contribution in [0.15, 0.2) is 41.3 Å². The molecule has 0 radical (unpaired) electrons. The van der Waals surface area contributed by atoms with Crippen molar-refractivity contribution in [3.63, 3.8) is 0 Å². The second kappa shape index (κ2) is 17.5. The van der Waals surface area contributed by atoms with E-state index in [2.05, 4.69) is 39.9 Å². The monoisotopic (exact) mass is 839 g/mol. The fourth-order valence-electron chi connectivity index (χ4n) is 10.3. The number of imide groups is 1. The molecular weight excluding hydrogens is 777 g/mol. The number of nitrogens with zero attached hydrogens (tertiary/aromatic N) is 6. The van der Waals surface area contributed by atoms with Gasteiger partial charge in [0, 0.05) is 111 Å². The predicted octanol–water partition coefficient (Wildman–Crippen LogP) is 3.73. The number of benzene rings is 2. The zero-order valence-corrected chi connectivity index (χ0v) is 35.9. The lowest BCUT2D eigenvalue weighted by atomic mass is 9.91. The van der Waals surface area contributed by atoms with Crippen molar-refractivity contribution in [2.24, 2.45) is 13.0 Å². The first-order chi connectivity index (χ1) is 30.5. The van der Waals surface area contributed by atoms with Crippen LogP contribution in [-0.4, -0.2) is 127 Å². The van der Waals surface area contributed by atoms with Crippen molar-refractivity contribution >= 4 is 29.4 Å². The second-order valence-electron chi connectivity index (χ2n) is 17.5. The third-order valence-corrected chi connectivity index (χ3v) is 13.7. The van der Waals surface area contributed by atoms with E-state index in [-0.39, 0.29) is 49.0 Å². The summed E-state index contributed by atoms with van der Waals surface area (Å²) in [5.41, 5.74) is 6.32. The molecule has 3 aromatic rings. The first-order valence-corrected chi connectivity index (χ1v) is 21.6. The van der Waals surface area contributed by atoms with Crippen LogP contribution in [0.5, 0.6) is 11.5 Å². The van der Waals surface area contributed by atoms with Crippen LogP contribution in [0, 0.1) is 5.92 Å². The highest BCUT2D eigenvalue weighted by atomic mass is 16.5. The Balaban J connectivity index is 0.866. The maximum Gasteiger partial charge on any atom is 0.317 e. The number of aryl methyl sites for hydroxylation is 1. The van der Waals surface area contributed by atoms with E-state index in [0.29, 0.717) is 54.5 Å². The first kappa shape index (κ1) is 38.5. The minimum atomic E-state index is -2.63. The lowest BCUT2D eigenvalue weighted by Gasteiger charge is -2.45. The summed E-state index contributed by atoms with van der Waals surface area (Å²) >= 11 is 0. The van der Waals surface area contributed by atoms with Gasteiger partial charge in [-0.05, 0) is 105 Å². The highest BCUT2D eigenvalue weighted by Gasteiger charge is 2.40. The SMILES string of the molecule is [2H]C([2H])([2H])NC(=O)N1CCc2c(-c3cc(OC)c(CN4[C@H](C)CN(CCC5CCN(c6ccc7c(c6)CN(C6CCC(=O)NC6=O)C7=O)CC5)C[C@H]4C)c(OC)c3)cn(C)c(=O)c2C1. The molecule has 0 saturated carbocycles. The van der Waals surface area contributed by atoms with Crippen LogP contribution in [0.4, 0.5) is 10.5 Å². The van der Waals surface area contributed by atoms with Gasteiger partial charge in [0.15, 0.2) is 0 Å². The molecule has 1 unspecified atom stereocenters. The molecule has 0 spiro atoms. The average molecular weight is 840 g/mol. The lowest BCUT2D eigenvalue weighted by Crippen LogP contribution is -2.56. The Morgan fingerprint density at radius 1 is 0.902 bits per heavy atom. The molecule has 6 heterocycles. The van der Waals surface area contributed by atoms with Gasteiger partial charge in [-0.3, -0.25) is 29.4 Å². The van der Waals surface area contributed by atoms with E-state index in [0.717, 1.165) is 85.5 Å². The van der Waals surface area contributed by atoms with Gasteiger partial charge >= 0.3 is 6.03 Å². The molecule has 15 nitrogen and oxygen atoms in total. The summed E-state index contributed by atoms with van der Waals surface area (Å²) in [7, 11) is 4.98. The standard InChI is InChI=1S/C46H60N8O7/c1-28-22-50(15-11-30-12-16-51(17-13-30)33-7-8-34-32(19-33)24-54(45(34)58)39-9-10-42(55)48-43(39)56)23-29(2)53(28)27-38-40(60-5)20-31(21-41(38)61-6)36-25-49(4)44(57)37-26-52(46(59)47-3)18-14-35(36)37/h7-8,19-21,25,28-30,39H,9-18,22-24,26-27H2,1-6H3,(H,47,59)(H,48,55,56)/t28-,29-,39?/m1/s1/i3D3. The largest absolute Gasteiger partial charge is 0.496 e. The van der Waals surface area contributed by atoms with Gasteiger partial charge in [0.1, 0.15) is 17.5 Å². The summed E-state index contributed by atoms with van der Waals surface area (Å²) in [6.07, 6.45) is 6.12. The van der Waals surface area contributed by atoms with Crippen LogP contribution >= 0.6 is 0 Å². The summed E-state index contributed by atoms with van der Waals surface area (Å²) < 4.78 is 35.9. The molecule has 5 aliphatic rings. The predicted molar refractivity (Wildman–Crippen MR) is 232 cm³/mol. The number of piperazine rings is 1. The number of hydrogen-bond donors (Lipinski definition) is 2. The smallest absolute Gasteiger partial charge is 0.317 e. The maximum atomic E-state index is 13.3. The number of methoxy groups -OCH3 is 2. The third kappa shape index (κ3) is 8.33. The van der Waals surface area contributed by atoms with E-state index in [1.165, 1.54) is 9.47 Å². The van der Waals surface area contributed by atoms with Crippen molar-refractivity contribution in [3.05, 3.63) is 74.7 Å². The van der Waals surface area contributed by atoms with E-state index in [9.17, 15) is 24.0 Å². The van der Waals surface area contributed by atoms with Gasteiger partial charge in [0.2, 0.25) is 11.8 Å². The van der Waals surface area contributed by atoms with E-state index in [1.807, 2.05) is 29.6 Å². The molecule has 0 aliphatic carbocycles. The van der Waals surface area contributed by atoms with E-state index in [4.69, 9.17) is 13.6 Å². The molecular formula is C46H60N8O7. The molecule has 61 heavy (non-hydrogen) atoms. The fraction of sp³-hybridized carbons (Fsp3) is 0.543. The number of piperidine rings is 2. The molecule has 0 bridgehead atoms. The molecule has 2 N–H and O–H groups in total. The van der Waals surface area contributed by atoms with Crippen molar-refractivity contribution in [2.75, 3.05) is 65.4 Å². The van der Waals surface area contributed by atoms with Crippen molar-refractivity contribution in [1.29, 1.82) is 0 Å². The van der Waals surface area contributed by atoms with Gasteiger partial charge in [-0.15, -0.1) is 0 Å². The Morgan fingerprint density at radius 2 is 1.62 bits per heavy atom. The Bertz CT molecular complexity index is 2340. The molecule has 2 aromatic carbocycles. The van der Waals surface area contributed by atoms with Crippen molar-refractivity contribution < 1.29 is 32.8 Å². The number of pyridine rings is 1. The number of carbonyl (C=O) groups excluding carboxylic acids is 4. The Kier molecular flexibility index (Phi) is 11.1. The molecule has 1 aromatic heterocycles. The minimum Gasteiger partial charge on any atom is -0.496 e. The van der Waals surface area contributed by atoms with E-state index in [1.54, 1.807) is 32.4 Å². The van der Waals surface area contributed by atoms with Crippen LogP contribution in [0.1, 0.15) is 82.7 Å². The number of carbonyl (C=O) groups is 4. The lowest BCUT2D eigenvalue weighted by molar-refractivity contribution is -0.136. The normalized spacial score (nSPS) is 23.5. The summed E-state index contributed by atoms with van der Waals surface area (Å²) in [5, 5.41) is 4.41. The zero-order valence-electron chi connectivity index (χ0n) is 38.9. The molecule has 15 heteroatoms. The first-order valence-electron chi connectivity index (χ1n) is 23.1. The number of nitrogens with one attached hydrogen (secondary N) is 2. The van der Waals surface area contributed by atoms with Crippen LogP contribution in [0.2, 0.25) is 0 Å². The van der Waals surface area contributed by atoms with Gasteiger partial charge in [-0.2, -0.15) is 0 Å². The molecule has 8 rings (SSSR count). The summed E-state index contributed by atoms with van der Waals surface area (Å²) in [6, 6.07) is 9.21. The van der Waals surface area contributed by atoms with Crippen LogP contribution in [0.3, 0.4) is 0 Å². The van der Waals surface area contributed by atoms with E-state index < -0.39 is 25.0 Å². The van der Waals surface area contributed by atoms with Gasteiger partial charge in [-0.25, -0.2) is 4.79 Å². The molecule has 326 valence electrons. The Labute approximate surface area is 362 Å². The van der Waals surface area contributed by atoms with Crippen LogP contribution in [-0.2, 0) is 42.7 Å². The number of fused-ring (bicyclic) bond motifs is 2. The van der Waals surface area contributed by atoms with Crippen molar-refractivity contribution in [3.8, 4) is 22.6 Å². The maximum absolute atomic E-state index is 13.3. The molecule has 5 amide bonds.